The van der Waals surface area contributed by atoms with Crippen LogP contribution in [0.2, 0.25) is 0 Å². The van der Waals surface area contributed by atoms with Crippen LogP contribution in [0.4, 0.5) is 5.69 Å². The number of benzene rings is 2. The molecule has 1 aliphatic heterocycles. The number of carbonyl (C=O) groups is 1. The van der Waals surface area contributed by atoms with Gasteiger partial charge in [0.25, 0.3) is 10.0 Å². The molecule has 0 unspecified atom stereocenters. The number of amides is 1. The molecular formula is C22H28N2O3S. The molecule has 0 aromatic heterocycles. The van der Waals surface area contributed by atoms with Gasteiger partial charge in [0.2, 0.25) is 5.91 Å². The average Bonchev–Trinajstić information content (AvgIpc) is 2.72. The lowest BCUT2D eigenvalue weighted by Gasteiger charge is -2.33. The Bertz CT molecular complexity index is 895. The summed E-state index contributed by atoms with van der Waals surface area (Å²) in [4.78, 5) is 14.9. The minimum atomic E-state index is -3.84. The number of anilines is 1. The molecule has 0 spiro atoms. The maximum atomic E-state index is 13.3. The van der Waals surface area contributed by atoms with E-state index in [-0.39, 0.29) is 17.3 Å². The smallest absolute Gasteiger partial charge is 0.264 e. The van der Waals surface area contributed by atoms with Crippen LogP contribution < -0.4 is 4.31 Å². The fourth-order valence-corrected chi connectivity index (χ4v) is 5.01. The summed E-state index contributed by atoms with van der Waals surface area (Å²) in [6, 6.07) is 15.7. The second-order valence-electron chi connectivity index (χ2n) is 7.43. The zero-order valence-electron chi connectivity index (χ0n) is 16.5. The molecule has 0 radical (unpaired) electrons. The van der Waals surface area contributed by atoms with Gasteiger partial charge in [-0.1, -0.05) is 44.2 Å². The van der Waals surface area contributed by atoms with E-state index in [1.165, 1.54) is 4.31 Å². The first kappa shape index (κ1) is 20.4. The van der Waals surface area contributed by atoms with Crippen molar-refractivity contribution in [3.63, 3.8) is 0 Å². The number of aryl methyl sites for hydroxylation is 1. The molecule has 1 amide bonds. The number of hydrogen-bond acceptors (Lipinski definition) is 3. The van der Waals surface area contributed by atoms with Gasteiger partial charge in [-0.25, -0.2) is 8.42 Å². The van der Waals surface area contributed by atoms with Crippen molar-refractivity contribution in [2.45, 2.75) is 38.0 Å². The highest BCUT2D eigenvalue weighted by molar-refractivity contribution is 7.92. The Morgan fingerprint density at radius 3 is 2.39 bits per heavy atom. The van der Waals surface area contributed by atoms with Crippen molar-refractivity contribution < 1.29 is 13.2 Å². The summed E-state index contributed by atoms with van der Waals surface area (Å²) in [6.07, 6.45) is 2.94. The van der Waals surface area contributed by atoms with E-state index in [1.807, 2.05) is 12.1 Å². The number of nitrogens with zero attached hydrogens (tertiary/aromatic N) is 2. The summed E-state index contributed by atoms with van der Waals surface area (Å²) in [5.74, 6) is 0.298. The third kappa shape index (κ3) is 4.55. The van der Waals surface area contributed by atoms with E-state index in [1.54, 1.807) is 47.4 Å². The third-order valence-electron chi connectivity index (χ3n) is 5.25. The largest absolute Gasteiger partial charge is 0.341 e. The molecule has 1 aliphatic rings. The molecule has 0 saturated carbocycles. The Hall–Kier alpha value is -2.34. The number of sulfonamides is 1. The Morgan fingerprint density at radius 1 is 1.11 bits per heavy atom. The van der Waals surface area contributed by atoms with Crippen LogP contribution in [0.5, 0.6) is 0 Å². The molecule has 2 aromatic rings. The molecular weight excluding hydrogens is 372 g/mol. The topological polar surface area (TPSA) is 57.7 Å². The second kappa shape index (κ2) is 8.78. The summed E-state index contributed by atoms with van der Waals surface area (Å²) in [7, 11) is -3.84. The standard InChI is InChI=1S/C22H28N2O3S/c1-3-19-11-13-20(14-12-19)24(28(26,27)21-9-5-4-6-10-21)17-22(25)23-15-7-8-18(2)16-23/h4-6,9-14,18H,3,7-8,15-17H2,1-2H3/t18-/m0/s1. The number of rotatable bonds is 6. The van der Waals surface area contributed by atoms with E-state index in [0.29, 0.717) is 24.7 Å². The van der Waals surface area contributed by atoms with Crippen molar-refractivity contribution in [1.82, 2.24) is 4.90 Å². The zero-order chi connectivity index (χ0) is 20.1. The van der Waals surface area contributed by atoms with Gasteiger partial charge in [-0.3, -0.25) is 9.10 Å². The lowest BCUT2D eigenvalue weighted by atomic mass is 10.0. The molecule has 1 atom stereocenters. The van der Waals surface area contributed by atoms with Crippen LogP contribution in [0, 0.1) is 5.92 Å². The first-order valence-corrected chi connectivity index (χ1v) is 11.3. The number of piperidine rings is 1. The number of hydrogen-bond donors (Lipinski definition) is 0. The molecule has 6 heteroatoms. The Morgan fingerprint density at radius 2 is 1.79 bits per heavy atom. The quantitative estimate of drug-likeness (QED) is 0.743. The molecule has 1 fully saturated rings. The van der Waals surface area contributed by atoms with Crippen LogP contribution in [0.1, 0.15) is 32.3 Å². The van der Waals surface area contributed by atoms with E-state index in [2.05, 4.69) is 13.8 Å². The molecule has 5 nitrogen and oxygen atoms in total. The molecule has 1 saturated heterocycles. The van der Waals surface area contributed by atoms with Gasteiger partial charge in [-0.05, 0) is 55.0 Å². The minimum Gasteiger partial charge on any atom is -0.341 e. The lowest BCUT2D eigenvalue weighted by molar-refractivity contribution is -0.131. The van der Waals surface area contributed by atoms with Gasteiger partial charge in [0, 0.05) is 13.1 Å². The predicted octanol–water partition coefficient (Wildman–Crippen LogP) is 3.70. The maximum Gasteiger partial charge on any atom is 0.264 e. The van der Waals surface area contributed by atoms with Crippen LogP contribution in [0.25, 0.3) is 0 Å². The summed E-state index contributed by atoms with van der Waals surface area (Å²) in [5, 5.41) is 0. The normalized spacial score (nSPS) is 17.4. The van der Waals surface area contributed by atoms with E-state index in [9.17, 15) is 13.2 Å². The van der Waals surface area contributed by atoms with Crippen LogP contribution >= 0.6 is 0 Å². The molecule has 0 bridgehead atoms. The van der Waals surface area contributed by atoms with Gasteiger partial charge < -0.3 is 4.90 Å². The van der Waals surface area contributed by atoms with Crippen molar-refractivity contribution in [3.8, 4) is 0 Å². The minimum absolute atomic E-state index is 0.148. The Kier molecular flexibility index (Phi) is 6.39. The van der Waals surface area contributed by atoms with Crippen molar-refractivity contribution in [1.29, 1.82) is 0 Å². The van der Waals surface area contributed by atoms with Gasteiger partial charge in [0.05, 0.1) is 10.6 Å². The van der Waals surface area contributed by atoms with E-state index >= 15 is 0 Å². The molecule has 3 rings (SSSR count). The average molecular weight is 401 g/mol. The van der Waals surface area contributed by atoms with Gasteiger partial charge in [-0.15, -0.1) is 0 Å². The maximum absolute atomic E-state index is 13.3. The van der Waals surface area contributed by atoms with Gasteiger partial charge >= 0.3 is 0 Å². The van der Waals surface area contributed by atoms with Crippen molar-refractivity contribution in [2.24, 2.45) is 5.92 Å². The molecule has 2 aromatic carbocycles. The number of likely N-dealkylation sites (tertiary alicyclic amines) is 1. The highest BCUT2D eigenvalue weighted by atomic mass is 32.2. The Labute approximate surface area is 168 Å². The third-order valence-corrected chi connectivity index (χ3v) is 7.04. The highest BCUT2D eigenvalue weighted by Gasteiger charge is 2.30. The van der Waals surface area contributed by atoms with Crippen LogP contribution in [-0.4, -0.2) is 38.9 Å². The van der Waals surface area contributed by atoms with Gasteiger partial charge in [0.1, 0.15) is 6.54 Å². The van der Waals surface area contributed by atoms with Crippen molar-refractivity contribution in [3.05, 3.63) is 60.2 Å². The van der Waals surface area contributed by atoms with Crippen LogP contribution in [0.15, 0.2) is 59.5 Å². The summed E-state index contributed by atoms with van der Waals surface area (Å²) < 4.78 is 27.9. The van der Waals surface area contributed by atoms with Gasteiger partial charge in [-0.2, -0.15) is 0 Å². The second-order valence-corrected chi connectivity index (χ2v) is 9.29. The van der Waals surface area contributed by atoms with E-state index in [0.717, 1.165) is 24.8 Å². The van der Waals surface area contributed by atoms with Crippen molar-refractivity contribution >= 4 is 21.6 Å². The molecule has 1 heterocycles. The molecule has 150 valence electrons. The fourth-order valence-electron chi connectivity index (χ4n) is 3.57. The molecule has 28 heavy (non-hydrogen) atoms. The fraction of sp³-hybridized carbons (Fsp3) is 0.409. The summed E-state index contributed by atoms with van der Waals surface area (Å²) in [6.45, 7) is 5.37. The number of carbonyl (C=O) groups excluding carboxylic acids is 1. The van der Waals surface area contributed by atoms with Crippen molar-refractivity contribution in [2.75, 3.05) is 23.9 Å². The zero-order valence-corrected chi connectivity index (χ0v) is 17.4. The lowest BCUT2D eigenvalue weighted by Crippen LogP contribution is -2.46. The first-order chi connectivity index (χ1) is 13.4. The van der Waals surface area contributed by atoms with E-state index < -0.39 is 10.0 Å². The molecule has 0 N–H and O–H groups in total. The first-order valence-electron chi connectivity index (χ1n) is 9.86. The highest BCUT2D eigenvalue weighted by Crippen LogP contribution is 2.25. The Balaban J connectivity index is 1.93. The molecule has 0 aliphatic carbocycles. The summed E-state index contributed by atoms with van der Waals surface area (Å²) in [5.41, 5.74) is 1.64. The van der Waals surface area contributed by atoms with E-state index in [4.69, 9.17) is 0 Å². The van der Waals surface area contributed by atoms with Gasteiger partial charge in [0.15, 0.2) is 0 Å². The van der Waals surface area contributed by atoms with Crippen LogP contribution in [0.3, 0.4) is 0 Å². The summed E-state index contributed by atoms with van der Waals surface area (Å²) >= 11 is 0. The monoisotopic (exact) mass is 400 g/mol. The van der Waals surface area contributed by atoms with Crippen LogP contribution in [-0.2, 0) is 21.2 Å². The SMILES string of the molecule is CCc1ccc(N(CC(=O)N2CCC[C@H](C)C2)S(=O)(=O)c2ccccc2)cc1. The predicted molar refractivity (Wildman–Crippen MR) is 112 cm³/mol.